The van der Waals surface area contributed by atoms with Gasteiger partial charge in [-0.05, 0) is 24.5 Å². The number of rotatable bonds is 7. The number of guanidine groups is 1. The van der Waals surface area contributed by atoms with Crippen molar-refractivity contribution in [1.82, 2.24) is 19.8 Å². The quantitative estimate of drug-likeness (QED) is 0.628. The van der Waals surface area contributed by atoms with Gasteiger partial charge < -0.3 is 14.8 Å². The molecule has 1 heterocycles. The number of aromatic nitrogens is 2. The van der Waals surface area contributed by atoms with Crippen LogP contribution in [0.2, 0.25) is 0 Å². The van der Waals surface area contributed by atoms with Gasteiger partial charge in [0.1, 0.15) is 5.82 Å². The normalized spacial score (nSPS) is 11.6. The highest BCUT2D eigenvalue weighted by atomic mass is 15.3. The van der Waals surface area contributed by atoms with Crippen molar-refractivity contribution >= 4 is 5.96 Å². The molecule has 0 aliphatic carbocycles. The molecule has 0 aliphatic rings. The summed E-state index contributed by atoms with van der Waals surface area (Å²) in [4.78, 5) is 10.8. The van der Waals surface area contributed by atoms with E-state index >= 15 is 0 Å². The number of hydrogen-bond acceptors (Lipinski definition) is 2. The van der Waals surface area contributed by atoms with Gasteiger partial charge >= 0.3 is 0 Å². The molecule has 0 radical (unpaired) electrons. The lowest BCUT2D eigenvalue weighted by atomic mass is 10.1. The monoisotopic (exact) mass is 327 g/mol. The summed E-state index contributed by atoms with van der Waals surface area (Å²) in [5.74, 6) is 1.98. The Hall–Kier alpha value is -2.30. The summed E-state index contributed by atoms with van der Waals surface area (Å²) in [5, 5.41) is 3.45. The lowest BCUT2D eigenvalue weighted by Crippen LogP contribution is -2.38. The van der Waals surface area contributed by atoms with Crippen LogP contribution in [0.3, 0.4) is 0 Å². The number of benzene rings is 1. The lowest BCUT2D eigenvalue weighted by Gasteiger charge is -2.22. The first kappa shape index (κ1) is 18.0. The summed E-state index contributed by atoms with van der Waals surface area (Å²) in [6, 6.07) is 8.66. The first-order chi connectivity index (χ1) is 11.6. The molecule has 0 bridgehead atoms. The molecule has 0 saturated carbocycles. The number of aliphatic imine (C=N–C) groups is 1. The number of unbranched alkanes of at least 4 members (excludes halogenated alkanes) is 1. The van der Waals surface area contributed by atoms with Gasteiger partial charge in [0.2, 0.25) is 0 Å². The molecule has 0 aliphatic heterocycles. The molecular weight excluding hydrogens is 298 g/mol. The van der Waals surface area contributed by atoms with Crippen molar-refractivity contribution in [2.45, 2.75) is 39.8 Å². The predicted octanol–water partition coefficient (Wildman–Crippen LogP) is 3.05. The van der Waals surface area contributed by atoms with Crippen LogP contribution in [0.4, 0.5) is 0 Å². The molecular formula is C19H29N5. The number of hydrogen-bond donors (Lipinski definition) is 1. The van der Waals surface area contributed by atoms with Crippen LogP contribution in [0.5, 0.6) is 0 Å². The summed E-state index contributed by atoms with van der Waals surface area (Å²) in [5.41, 5.74) is 2.54. The zero-order valence-corrected chi connectivity index (χ0v) is 15.3. The number of aryl methyl sites for hydroxylation is 1. The number of nitrogens with one attached hydrogen (secondary N) is 1. The number of imidazole rings is 1. The molecule has 0 saturated heterocycles. The van der Waals surface area contributed by atoms with Crippen LogP contribution < -0.4 is 5.32 Å². The molecule has 5 nitrogen and oxygen atoms in total. The maximum absolute atomic E-state index is 4.37. The Balaban J connectivity index is 1.95. The minimum atomic E-state index is 0.778. The minimum absolute atomic E-state index is 0.778. The largest absolute Gasteiger partial charge is 0.352 e. The third kappa shape index (κ3) is 5.11. The van der Waals surface area contributed by atoms with Gasteiger partial charge in [0, 0.05) is 46.1 Å². The van der Waals surface area contributed by atoms with E-state index in [-0.39, 0.29) is 0 Å². The third-order valence-electron chi connectivity index (χ3n) is 4.14. The highest BCUT2D eigenvalue weighted by Crippen LogP contribution is 2.09. The predicted molar refractivity (Wildman–Crippen MR) is 100 cm³/mol. The third-order valence-corrected chi connectivity index (χ3v) is 4.14. The second-order valence-electron chi connectivity index (χ2n) is 6.10. The van der Waals surface area contributed by atoms with E-state index in [0.29, 0.717) is 0 Å². The van der Waals surface area contributed by atoms with Gasteiger partial charge in [-0.15, -0.1) is 0 Å². The molecule has 0 atom stereocenters. The van der Waals surface area contributed by atoms with E-state index in [1.807, 2.05) is 26.4 Å². The van der Waals surface area contributed by atoms with Crippen LogP contribution in [-0.4, -0.2) is 41.1 Å². The van der Waals surface area contributed by atoms with Crippen molar-refractivity contribution in [3.8, 4) is 0 Å². The summed E-state index contributed by atoms with van der Waals surface area (Å²) >= 11 is 0. The summed E-state index contributed by atoms with van der Waals surface area (Å²) in [7, 11) is 3.92. The van der Waals surface area contributed by atoms with Crippen molar-refractivity contribution in [2.75, 3.05) is 20.6 Å². The molecule has 0 amide bonds. The average molecular weight is 327 g/mol. The van der Waals surface area contributed by atoms with Crippen LogP contribution in [0.1, 0.15) is 36.7 Å². The average Bonchev–Trinajstić information content (AvgIpc) is 2.98. The molecule has 130 valence electrons. The molecule has 2 rings (SSSR count). The molecule has 0 fully saturated rings. The molecule has 5 heteroatoms. The van der Waals surface area contributed by atoms with Crippen LogP contribution in [-0.2, 0) is 13.1 Å². The van der Waals surface area contributed by atoms with E-state index in [9.17, 15) is 0 Å². The maximum atomic E-state index is 4.37. The lowest BCUT2D eigenvalue weighted by molar-refractivity contribution is 0.464. The van der Waals surface area contributed by atoms with E-state index in [2.05, 4.69) is 63.0 Å². The molecule has 2 aromatic rings. The highest BCUT2D eigenvalue weighted by Gasteiger charge is 2.05. The second-order valence-corrected chi connectivity index (χ2v) is 6.10. The van der Waals surface area contributed by atoms with Gasteiger partial charge in [-0.1, -0.05) is 37.6 Å². The van der Waals surface area contributed by atoms with E-state index in [1.165, 1.54) is 24.0 Å². The minimum Gasteiger partial charge on any atom is -0.352 e. The van der Waals surface area contributed by atoms with Gasteiger partial charge in [-0.25, -0.2) is 4.98 Å². The van der Waals surface area contributed by atoms with Gasteiger partial charge in [0.25, 0.3) is 0 Å². The Kier molecular flexibility index (Phi) is 6.85. The number of nitrogens with zero attached hydrogens (tertiary/aromatic N) is 4. The Morgan fingerprint density at radius 1 is 1.33 bits per heavy atom. The van der Waals surface area contributed by atoms with E-state index < -0.39 is 0 Å². The van der Waals surface area contributed by atoms with Gasteiger partial charge in [0.05, 0.1) is 0 Å². The zero-order chi connectivity index (χ0) is 17.4. The topological polar surface area (TPSA) is 45.5 Å². The van der Waals surface area contributed by atoms with E-state index in [1.54, 1.807) is 0 Å². The Morgan fingerprint density at radius 3 is 2.79 bits per heavy atom. The summed E-state index contributed by atoms with van der Waals surface area (Å²) in [6.45, 7) is 6.89. The Bertz CT molecular complexity index is 659. The SMILES string of the molecule is CCCCN(C)C(=NC)NCc1cccc(Cn2ccnc2C)c1. The molecule has 1 N–H and O–H groups in total. The Morgan fingerprint density at radius 2 is 2.12 bits per heavy atom. The smallest absolute Gasteiger partial charge is 0.193 e. The molecule has 1 aromatic heterocycles. The summed E-state index contributed by atoms with van der Waals surface area (Å²) < 4.78 is 2.16. The molecule has 1 aromatic carbocycles. The maximum Gasteiger partial charge on any atom is 0.193 e. The van der Waals surface area contributed by atoms with Crippen molar-refractivity contribution < 1.29 is 0 Å². The fourth-order valence-electron chi connectivity index (χ4n) is 2.67. The first-order valence-corrected chi connectivity index (χ1v) is 8.61. The van der Waals surface area contributed by atoms with Crippen LogP contribution >= 0.6 is 0 Å². The van der Waals surface area contributed by atoms with E-state index in [0.717, 1.165) is 31.4 Å². The fourth-order valence-corrected chi connectivity index (χ4v) is 2.67. The van der Waals surface area contributed by atoms with Gasteiger partial charge in [-0.2, -0.15) is 0 Å². The first-order valence-electron chi connectivity index (χ1n) is 8.61. The van der Waals surface area contributed by atoms with Crippen molar-refractivity contribution in [2.24, 2.45) is 4.99 Å². The molecule has 24 heavy (non-hydrogen) atoms. The standard InChI is InChI=1S/C19H29N5/c1-5-6-11-23(4)19(20-3)22-14-17-8-7-9-18(13-17)15-24-12-10-21-16(24)2/h7-10,12-13H,5-6,11,14-15H2,1-4H3,(H,20,22). The Labute approximate surface area is 145 Å². The summed E-state index contributed by atoms with van der Waals surface area (Å²) in [6.07, 6.45) is 6.23. The van der Waals surface area contributed by atoms with Gasteiger partial charge in [0.15, 0.2) is 5.96 Å². The molecule has 0 unspecified atom stereocenters. The van der Waals surface area contributed by atoms with Crippen LogP contribution in [0.15, 0.2) is 41.7 Å². The van der Waals surface area contributed by atoms with E-state index in [4.69, 9.17) is 0 Å². The van der Waals surface area contributed by atoms with Gasteiger partial charge in [-0.3, -0.25) is 4.99 Å². The molecule has 0 spiro atoms. The highest BCUT2D eigenvalue weighted by molar-refractivity contribution is 5.79. The fraction of sp³-hybridized carbons (Fsp3) is 0.474. The van der Waals surface area contributed by atoms with Crippen molar-refractivity contribution in [3.63, 3.8) is 0 Å². The second kappa shape index (κ2) is 9.11. The van der Waals surface area contributed by atoms with Crippen molar-refractivity contribution in [3.05, 3.63) is 53.6 Å². The van der Waals surface area contributed by atoms with Crippen molar-refractivity contribution in [1.29, 1.82) is 0 Å². The zero-order valence-electron chi connectivity index (χ0n) is 15.3. The van der Waals surface area contributed by atoms with Crippen LogP contribution in [0, 0.1) is 6.92 Å². The van der Waals surface area contributed by atoms with Crippen LogP contribution in [0.25, 0.3) is 0 Å².